The molecule has 0 fully saturated rings. The van der Waals surface area contributed by atoms with Crippen molar-refractivity contribution in [1.82, 2.24) is 4.98 Å². The Morgan fingerprint density at radius 1 is 1.08 bits per heavy atom. The normalized spacial score (nSPS) is 10.4. The molecule has 3 aromatic rings. The highest BCUT2D eigenvalue weighted by molar-refractivity contribution is 7.13. The summed E-state index contributed by atoms with van der Waals surface area (Å²) in [5, 5.41) is 5.28. The zero-order chi connectivity index (χ0) is 17.8. The summed E-state index contributed by atoms with van der Waals surface area (Å²) in [7, 11) is 3.17. The van der Waals surface area contributed by atoms with Gasteiger partial charge in [-0.3, -0.25) is 4.79 Å². The van der Waals surface area contributed by atoms with E-state index in [0.717, 1.165) is 16.8 Å². The number of para-hydroxylation sites is 1. The lowest BCUT2D eigenvalue weighted by Gasteiger charge is -2.10. The average Bonchev–Trinajstić information content (AvgIpc) is 3.13. The van der Waals surface area contributed by atoms with Crippen LogP contribution in [0, 0.1) is 6.92 Å². The van der Waals surface area contributed by atoms with Crippen LogP contribution in [0.5, 0.6) is 11.5 Å². The number of nitrogens with one attached hydrogen (secondary N) is 1. The van der Waals surface area contributed by atoms with Crippen molar-refractivity contribution < 1.29 is 14.3 Å². The Labute approximate surface area is 150 Å². The molecule has 0 aliphatic rings. The minimum Gasteiger partial charge on any atom is -0.493 e. The van der Waals surface area contributed by atoms with Gasteiger partial charge in [0.2, 0.25) is 0 Å². The van der Waals surface area contributed by atoms with Gasteiger partial charge in [0.05, 0.1) is 19.8 Å². The van der Waals surface area contributed by atoms with Gasteiger partial charge in [0.1, 0.15) is 10.7 Å². The van der Waals surface area contributed by atoms with Crippen LogP contribution < -0.4 is 14.8 Å². The fourth-order valence-corrected chi connectivity index (χ4v) is 3.21. The minimum absolute atomic E-state index is 0.242. The summed E-state index contributed by atoms with van der Waals surface area (Å²) in [6.45, 7) is 2.00. The molecule has 0 saturated heterocycles. The van der Waals surface area contributed by atoms with Gasteiger partial charge in [0.15, 0.2) is 11.5 Å². The van der Waals surface area contributed by atoms with Crippen molar-refractivity contribution in [2.45, 2.75) is 6.92 Å². The van der Waals surface area contributed by atoms with E-state index < -0.39 is 0 Å². The molecule has 0 spiro atoms. The maximum Gasteiger partial charge on any atom is 0.275 e. The number of nitrogens with zero attached hydrogens (tertiary/aromatic N) is 1. The molecular weight excluding hydrogens is 336 g/mol. The van der Waals surface area contributed by atoms with Crippen molar-refractivity contribution >= 4 is 22.9 Å². The van der Waals surface area contributed by atoms with Gasteiger partial charge >= 0.3 is 0 Å². The summed E-state index contributed by atoms with van der Waals surface area (Å²) < 4.78 is 10.8. The molecule has 0 aliphatic heterocycles. The summed E-state index contributed by atoms with van der Waals surface area (Å²) in [6, 6.07) is 13.2. The third-order valence-corrected chi connectivity index (χ3v) is 4.56. The zero-order valence-corrected chi connectivity index (χ0v) is 15.0. The number of benzene rings is 2. The first-order valence-electron chi connectivity index (χ1n) is 7.67. The van der Waals surface area contributed by atoms with Gasteiger partial charge in [0.25, 0.3) is 5.91 Å². The molecule has 0 aliphatic carbocycles. The third-order valence-electron chi connectivity index (χ3n) is 3.68. The van der Waals surface area contributed by atoms with Crippen LogP contribution in [0.1, 0.15) is 16.1 Å². The Hall–Kier alpha value is -2.86. The number of hydrogen-bond donors (Lipinski definition) is 1. The fourth-order valence-electron chi connectivity index (χ4n) is 2.39. The molecule has 0 bridgehead atoms. The van der Waals surface area contributed by atoms with Crippen molar-refractivity contribution in [3.8, 4) is 22.1 Å². The van der Waals surface area contributed by atoms with Crippen LogP contribution in [0.25, 0.3) is 10.6 Å². The molecule has 1 amide bonds. The predicted octanol–water partition coefficient (Wildman–Crippen LogP) is 4.39. The lowest BCUT2D eigenvalue weighted by atomic mass is 10.2. The van der Waals surface area contributed by atoms with Crippen LogP contribution in [0.4, 0.5) is 5.69 Å². The van der Waals surface area contributed by atoms with Crippen LogP contribution in [0.15, 0.2) is 47.8 Å². The largest absolute Gasteiger partial charge is 0.493 e. The van der Waals surface area contributed by atoms with E-state index >= 15 is 0 Å². The molecule has 1 heterocycles. The fraction of sp³-hybridized carbons (Fsp3) is 0.158. The summed E-state index contributed by atoms with van der Waals surface area (Å²) >= 11 is 1.39. The van der Waals surface area contributed by atoms with Crippen molar-refractivity contribution in [3.63, 3.8) is 0 Å². The highest BCUT2D eigenvalue weighted by Crippen LogP contribution is 2.39. The van der Waals surface area contributed by atoms with Crippen LogP contribution in [-0.4, -0.2) is 25.1 Å². The topological polar surface area (TPSA) is 60.5 Å². The number of aromatic nitrogens is 1. The Morgan fingerprint density at radius 2 is 1.84 bits per heavy atom. The lowest BCUT2D eigenvalue weighted by Crippen LogP contribution is -2.12. The maximum absolute atomic E-state index is 12.4. The summed E-state index contributed by atoms with van der Waals surface area (Å²) in [5.41, 5.74) is 3.04. The second-order valence-electron chi connectivity index (χ2n) is 5.40. The number of carbonyl (C=O) groups excluding carboxylic acids is 1. The third kappa shape index (κ3) is 3.64. The first-order valence-corrected chi connectivity index (χ1v) is 8.55. The van der Waals surface area contributed by atoms with Crippen molar-refractivity contribution in [2.75, 3.05) is 19.5 Å². The zero-order valence-electron chi connectivity index (χ0n) is 14.2. The van der Waals surface area contributed by atoms with E-state index in [4.69, 9.17) is 9.47 Å². The van der Waals surface area contributed by atoms with Gasteiger partial charge in [-0.25, -0.2) is 4.98 Å². The van der Waals surface area contributed by atoms with Crippen LogP contribution in [-0.2, 0) is 0 Å². The van der Waals surface area contributed by atoms with Gasteiger partial charge in [0, 0.05) is 11.1 Å². The standard InChI is InChI=1S/C19H18N2O3S/c1-12-7-9-13(10-8-12)20-18(22)15-11-25-19(21-15)14-5-4-6-16(23-2)17(14)24-3/h4-11H,1-3H3,(H,20,22). The second kappa shape index (κ2) is 7.36. The van der Waals surface area contributed by atoms with E-state index in [-0.39, 0.29) is 5.91 Å². The minimum atomic E-state index is -0.242. The monoisotopic (exact) mass is 354 g/mol. The molecule has 6 heteroatoms. The van der Waals surface area contributed by atoms with Gasteiger partial charge in [-0.1, -0.05) is 23.8 Å². The summed E-state index contributed by atoms with van der Waals surface area (Å²) in [5.74, 6) is 0.985. The molecule has 0 saturated carbocycles. The Kier molecular flexibility index (Phi) is 5.00. The van der Waals surface area contributed by atoms with Crippen molar-refractivity contribution in [1.29, 1.82) is 0 Å². The van der Waals surface area contributed by atoms with Crippen LogP contribution >= 0.6 is 11.3 Å². The van der Waals surface area contributed by atoms with E-state index in [0.29, 0.717) is 22.2 Å². The number of hydrogen-bond acceptors (Lipinski definition) is 5. The van der Waals surface area contributed by atoms with E-state index in [2.05, 4.69) is 10.3 Å². The number of ether oxygens (including phenoxy) is 2. The lowest BCUT2D eigenvalue weighted by molar-refractivity contribution is 0.102. The molecule has 3 rings (SSSR count). The van der Waals surface area contributed by atoms with E-state index in [1.54, 1.807) is 19.6 Å². The van der Waals surface area contributed by atoms with Crippen molar-refractivity contribution in [3.05, 3.63) is 59.1 Å². The molecule has 128 valence electrons. The number of anilines is 1. The smallest absolute Gasteiger partial charge is 0.275 e. The van der Waals surface area contributed by atoms with Gasteiger partial charge < -0.3 is 14.8 Å². The van der Waals surface area contributed by atoms with Crippen molar-refractivity contribution in [2.24, 2.45) is 0 Å². The van der Waals surface area contributed by atoms with Gasteiger partial charge in [-0.05, 0) is 31.2 Å². The number of methoxy groups -OCH3 is 2. The quantitative estimate of drug-likeness (QED) is 0.738. The maximum atomic E-state index is 12.4. The molecular formula is C19H18N2O3S. The van der Waals surface area contributed by atoms with E-state index in [1.807, 2.05) is 49.4 Å². The number of carbonyl (C=O) groups is 1. The first kappa shape index (κ1) is 17.0. The molecule has 25 heavy (non-hydrogen) atoms. The number of aryl methyl sites for hydroxylation is 1. The van der Waals surface area contributed by atoms with E-state index in [9.17, 15) is 4.79 Å². The second-order valence-corrected chi connectivity index (χ2v) is 6.26. The molecule has 0 atom stereocenters. The highest BCUT2D eigenvalue weighted by Gasteiger charge is 2.17. The van der Waals surface area contributed by atoms with Gasteiger partial charge in [-0.2, -0.15) is 0 Å². The number of thiazole rings is 1. The van der Waals surface area contributed by atoms with E-state index in [1.165, 1.54) is 11.3 Å². The summed E-state index contributed by atoms with van der Waals surface area (Å²) in [6.07, 6.45) is 0. The SMILES string of the molecule is COc1cccc(-c2nc(C(=O)Nc3ccc(C)cc3)cs2)c1OC. The summed E-state index contributed by atoms with van der Waals surface area (Å²) in [4.78, 5) is 16.8. The Morgan fingerprint density at radius 3 is 2.52 bits per heavy atom. The predicted molar refractivity (Wildman–Crippen MR) is 99.8 cm³/mol. The van der Waals surface area contributed by atoms with Crippen LogP contribution in [0.2, 0.25) is 0 Å². The molecule has 0 unspecified atom stereocenters. The molecule has 2 aromatic carbocycles. The number of rotatable bonds is 5. The Bertz CT molecular complexity index is 888. The van der Waals surface area contributed by atoms with Gasteiger partial charge in [-0.15, -0.1) is 11.3 Å². The highest BCUT2D eigenvalue weighted by atomic mass is 32.1. The Balaban J connectivity index is 1.85. The average molecular weight is 354 g/mol. The molecule has 5 nitrogen and oxygen atoms in total. The number of amides is 1. The first-order chi connectivity index (χ1) is 12.1. The molecule has 0 radical (unpaired) electrons. The molecule has 1 aromatic heterocycles. The van der Waals surface area contributed by atoms with Crippen LogP contribution in [0.3, 0.4) is 0 Å². The molecule has 1 N–H and O–H groups in total.